The van der Waals surface area contributed by atoms with Gasteiger partial charge in [0, 0.05) is 23.6 Å². The fourth-order valence-electron chi connectivity index (χ4n) is 1.25. The van der Waals surface area contributed by atoms with Crippen LogP contribution in [0.5, 0.6) is 0 Å². The first-order valence-electron chi connectivity index (χ1n) is 4.65. The Kier molecular flexibility index (Phi) is 2.70. The zero-order valence-corrected chi connectivity index (χ0v) is 8.42. The molecule has 0 spiro atoms. The Morgan fingerprint density at radius 3 is 3.06 bits per heavy atom. The summed E-state index contributed by atoms with van der Waals surface area (Å²) in [6.07, 6.45) is 9.81. The highest BCUT2D eigenvalue weighted by molar-refractivity contribution is 5.91. The van der Waals surface area contributed by atoms with Gasteiger partial charge in [0.25, 0.3) is 0 Å². The number of amides is 1. The molecule has 1 N–H and O–H groups in total. The summed E-state index contributed by atoms with van der Waals surface area (Å²) in [5.41, 5.74) is 1.39. The normalized spacial score (nSPS) is 9.44. The number of benzene rings is 1. The van der Waals surface area contributed by atoms with Gasteiger partial charge in [0.1, 0.15) is 6.33 Å². The SMILES string of the molecule is C#Cc1cccc(NC(=O)n2ccnc2)c1. The van der Waals surface area contributed by atoms with E-state index in [0.717, 1.165) is 5.56 Å². The van der Waals surface area contributed by atoms with Gasteiger partial charge in [-0.05, 0) is 18.2 Å². The van der Waals surface area contributed by atoms with Crippen molar-refractivity contribution in [3.05, 3.63) is 48.5 Å². The zero-order chi connectivity index (χ0) is 11.4. The molecule has 0 atom stereocenters. The Hall–Kier alpha value is -2.54. The second-order valence-electron chi connectivity index (χ2n) is 3.13. The standard InChI is InChI=1S/C12H9N3O/c1-2-10-4-3-5-11(8-10)14-12(16)15-7-6-13-9-15/h1,3-9H,(H,14,16). The molecule has 1 heterocycles. The number of aromatic nitrogens is 2. The molecule has 78 valence electrons. The lowest BCUT2D eigenvalue weighted by Crippen LogP contribution is -2.17. The fourth-order valence-corrected chi connectivity index (χ4v) is 1.25. The Balaban J connectivity index is 2.16. The molecular formula is C12H9N3O. The van der Waals surface area contributed by atoms with Gasteiger partial charge in [-0.15, -0.1) is 6.42 Å². The van der Waals surface area contributed by atoms with Crippen LogP contribution in [0.2, 0.25) is 0 Å². The van der Waals surface area contributed by atoms with Crippen LogP contribution in [0.4, 0.5) is 10.5 Å². The van der Waals surface area contributed by atoms with Crippen LogP contribution in [0.25, 0.3) is 0 Å². The van der Waals surface area contributed by atoms with E-state index in [1.165, 1.54) is 17.1 Å². The molecule has 4 nitrogen and oxygen atoms in total. The second kappa shape index (κ2) is 4.32. The third-order valence-corrected chi connectivity index (χ3v) is 2.02. The summed E-state index contributed by atoms with van der Waals surface area (Å²) in [5.74, 6) is 2.50. The van der Waals surface area contributed by atoms with Gasteiger partial charge in [-0.25, -0.2) is 9.78 Å². The molecule has 0 radical (unpaired) electrons. The van der Waals surface area contributed by atoms with E-state index in [1.54, 1.807) is 30.5 Å². The van der Waals surface area contributed by atoms with Gasteiger partial charge in [-0.2, -0.15) is 0 Å². The smallest absolute Gasteiger partial charge is 0.307 e. The van der Waals surface area contributed by atoms with Gasteiger partial charge in [-0.1, -0.05) is 12.0 Å². The topological polar surface area (TPSA) is 46.9 Å². The van der Waals surface area contributed by atoms with Crippen molar-refractivity contribution in [1.29, 1.82) is 0 Å². The Morgan fingerprint density at radius 1 is 1.50 bits per heavy atom. The minimum atomic E-state index is -0.272. The zero-order valence-electron chi connectivity index (χ0n) is 8.42. The van der Waals surface area contributed by atoms with E-state index >= 15 is 0 Å². The van der Waals surface area contributed by atoms with Crippen LogP contribution in [0.3, 0.4) is 0 Å². The molecule has 0 saturated carbocycles. The van der Waals surface area contributed by atoms with Crippen LogP contribution >= 0.6 is 0 Å². The van der Waals surface area contributed by atoms with Crippen LogP contribution in [0.15, 0.2) is 43.0 Å². The molecule has 1 aromatic heterocycles. The highest BCUT2D eigenvalue weighted by Gasteiger charge is 2.03. The van der Waals surface area contributed by atoms with Gasteiger partial charge >= 0.3 is 6.03 Å². The molecule has 0 aliphatic carbocycles. The number of nitrogens with zero attached hydrogens (tertiary/aromatic N) is 2. The van der Waals surface area contributed by atoms with E-state index in [9.17, 15) is 4.79 Å². The molecule has 2 aromatic rings. The lowest BCUT2D eigenvalue weighted by atomic mass is 10.2. The predicted octanol–water partition coefficient (Wildman–Crippen LogP) is 1.94. The molecule has 0 fully saturated rings. The maximum absolute atomic E-state index is 11.6. The van der Waals surface area contributed by atoms with E-state index in [4.69, 9.17) is 6.42 Å². The van der Waals surface area contributed by atoms with E-state index in [-0.39, 0.29) is 6.03 Å². The first kappa shape index (κ1) is 9.99. The van der Waals surface area contributed by atoms with Crippen molar-refractivity contribution in [3.63, 3.8) is 0 Å². The van der Waals surface area contributed by atoms with Crippen LogP contribution in [0, 0.1) is 12.3 Å². The van der Waals surface area contributed by atoms with Crippen molar-refractivity contribution in [3.8, 4) is 12.3 Å². The van der Waals surface area contributed by atoms with E-state index in [1.807, 2.05) is 0 Å². The van der Waals surface area contributed by atoms with Crippen LogP contribution in [-0.4, -0.2) is 15.6 Å². The summed E-state index contributed by atoms with van der Waals surface area (Å²) < 4.78 is 1.35. The van der Waals surface area contributed by atoms with Gasteiger partial charge in [0.05, 0.1) is 0 Å². The monoisotopic (exact) mass is 211 g/mol. The maximum Gasteiger partial charge on any atom is 0.331 e. The average Bonchev–Trinajstić information content (AvgIpc) is 2.83. The van der Waals surface area contributed by atoms with Crippen molar-refractivity contribution in [2.24, 2.45) is 0 Å². The summed E-state index contributed by atoms with van der Waals surface area (Å²) in [6, 6.07) is 6.82. The molecule has 0 saturated heterocycles. The third-order valence-electron chi connectivity index (χ3n) is 2.02. The van der Waals surface area contributed by atoms with Crippen LogP contribution in [0.1, 0.15) is 5.56 Å². The summed E-state index contributed by atoms with van der Waals surface area (Å²) in [7, 11) is 0. The van der Waals surface area contributed by atoms with Crippen molar-refractivity contribution in [2.45, 2.75) is 0 Å². The predicted molar refractivity (Wildman–Crippen MR) is 61.0 cm³/mol. The van der Waals surface area contributed by atoms with Crippen molar-refractivity contribution >= 4 is 11.7 Å². The number of carbonyl (C=O) groups is 1. The Morgan fingerprint density at radius 2 is 2.38 bits per heavy atom. The molecule has 16 heavy (non-hydrogen) atoms. The number of terminal acetylenes is 1. The quantitative estimate of drug-likeness (QED) is 0.733. The lowest BCUT2D eigenvalue weighted by molar-refractivity contribution is 0.253. The van der Waals surface area contributed by atoms with E-state index in [2.05, 4.69) is 16.2 Å². The number of hydrogen-bond acceptors (Lipinski definition) is 2. The summed E-state index contributed by atoms with van der Waals surface area (Å²) in [6.45, 7) is 0. The van der Waals surface area contributed by atoms with Gasteiger partial charge in [-0.3, -0.25) is 4.57 Å². The van der Waals surface area contributed by atoms with Crippen molar-refractivity contribution in [1.82, 2.24) is 9.55 Å². The second-order valence-corrected chi connectivity index (χ2v) is 3.13. The van der Waals surface area contributed by atoms with E-state index < -0.39 is 0 Å². The summed E-state index contributed by atoms with van der Waals surface area (Å²) in [5, 5.41) is 2.71. The largest absolute Gasteiger partial charge is 0.331 e. The highest BCUT2D eigenvalue weighted by Crippen LogP contribution is 2.09. The molecular weight excluding hydrogens is 202 g/mol. The molecule has 1 aromatic carbocycles. The maximum atomic E-state index is 11.6. The molecule has 0 bridgehead atoms. The minimum Gasteiger partial charge on any atom is -0.307 e. The van der Waals surface area contributed by atoms with Gasteiger partial charge < -0.3 is 5.32 Å². The number of anilines is 1. The molecule has 0 aliphatic heterocycles. The highest BCUT2D eigenvalue weighted by atomic mass is 16.2. The first-order chi connectivity index (χ1) is 7.79. The summed E-state index contributed by atoms with van der Waals surface area (Å²) >= 11 is 0. The molecule has 1 amide bonds. The van der Waals surface area contributed by atoms with Crippen molar-refractivity contribution < 1.29 is 4.79 Å². The van der Waals surface area contributed by atoms with Gasteiger partial charge in [0.15, 0.2) is 0 Å². The number of rotatable bonds is 1. The Labute approximate surface area is 92.9 Å². The van der Waals surface area contributed by atoms with E-state index in [0.29, 0.717) is 5.69 Å². The average molecular weight is 211 g/mol. The molecule has 2 rings (SSSR count). The number of carbonyl (C=O) groups excluding carboxylic acids is 1. The molecule has 4 heteroatoms. The third kappa shape index (κ3) is 2.10. The van der Waals surface area contributed by atoms with Crippen LogP contribution < -0.4 is 5.32 Å². The summed E-state index contributed by atoms with van der Waals surface area (Å²) in [4.78, 5) is 15.4. The van der Waals surface area contributed by atoms with Crippen LogP contribution in [-0.2, 0) is 0 Å². The molecule has 0 aliphatic rings. The Bertz CT molecular complexity index is 538. The number of imidazole rings is 1. The first-order valence-corrected chi connectivity index (χ1v) is 4.65. The van der Waals surface area contributed by atoms with Crippen molar-refractivity contribution in [2.75, 3.05) is 5.32 Å². The fraction of sp³-hybridized carbons (Fsp3) is 0. The van der Waals surface area contributed by atoms with Gasteiger partial charge in [0.2, 0.25) is 0 Å². The molecule has 0 unspecified atom stereocenters. The lowest BCUT2D eigenvalue weighted by Gasteiger charge is -2.05. The number of hydrogen-bond donors (Lipinski definition) is 1. The minimum absolute atomic E-state index is 0.272. The number of nitrogens with one attached hydrogen (secondary N) is 1.